The van der Waals surface area contributed by atoms with E-state index in [9.17, 15) is 18.0 Å². The molecule has 5 rings (SSSR count). The van der Waals surface area contributed by atoms with Gasteiger partial charge in [0.25, 0.3) is 5.91 Å². The van der Waals surface area contributed by atoms with Crippen LogP contribution in [0.25, 0.3) is 22.3 Å². The molecule has 0 bridgehead atoms. The Kier molecular flexibility index (Phi) is 8.12. The van der Waals surface area contributed by atoms with E-state index in [1.807, 2.05) is 53.2 Å². The molecule has 1 saturated heterocycles. The number of halogens is 3. The Hall–Kier alpha value is -4.48. The number of amides is 1. The first-order valence-electron chi connectivity index (χ1n) is 12.0. The van der Waals surface area contributed by atoms with Crippen molar-refractivity contribution in [2.75, 3.05) is 20.2 Å². The molecule has 1 aliphatic rings. The number of imidazole rings is 1. The number of benzene rings is 1. The molecular formula is C27H26F3N5O4. The quantitative estimate of drug-likeness (QED) is 0.399. The van der Waals surface area contributed by atoms with Crippen molar-refractivity contribution in [3.05, 3.63) is 72.4 Å². The number of fused-ring (bicyclic) bond motifs is 1. The van der Waals surface area contributed by atoms with E-state index in [4.69, 9.17) is 19.6 Å². The van der Waals surface area contributed by atoms with Crippen LogP contribution in [0.1, 0.15) is 34.8 Å². The number of nitrogens with zero attached hydrogens (tertiary/aromatic N) is 5. The number of hydrogen-bond acceptors (Lipinski definition) is 6. The summed E-state index contributed by atoms with van der Waals surface area (Å²) in [5, 5.41) is 7.12. The molecular weight excluding hydrogens is 515 g/mol. The van der Waals surface area contributed by atoms with Gasteiger partial charge in [-0.25, -0.2) is 9.78 Å². The van der Waals surface area contributed by atoms with E-state index >= 15 is 0 Å². The molecule has 1 aromatic carbocycles. The number of carbonyl (C=O) groups is 2. The first-order chi connectivity index (χ1) is 18.6. The van der Waals surface area contributed by atoms with Gasteiger partial charge in [-0.15, -0.1) is 0 Å². The van der Waals surface area contributed by atoms with Crippen molar-refractivity contribution in [3.63, 3.8) is 0 Å². The lowest BCUT2D eigenvalue weighted by Gasteiger charge is -2.32. The van der Waals surface area contributed by atoms with Crippen LogP contribution in [0, 0.1) is 0 Å². The van der Waals surface area contributed by atoms with Crippen LogP contribution in [-0.4, -0.2) is 67.8 Å². The maximum atomic E-state index is 12.8. The number of carboxylic acids is 1. The van der Waals surface area contributed by atoms with E-state index in [0.717, 1.165) is 46.6 Å². The summed E-state index contributed by atoms with van der Waals surface area (Å²) in [6, 6.07) is 13.7. The lowest BCUT2D eigenvalue weighted by atomic mass is 9.92. The molecule has 4 heterocycles. The molecule has 0 atom stereocenters. The summed E-state index contributed by atoms with van der Waals surface area (Å²) < 4.78 is 39.1. The smallest absolute Gasteiger partial charge is 0.490 e. The van der Waals surface area contributed by atoms with Crippen LogP contribution in [-0.2, 0) is 11.8 Å². The van der Waals surface area contributed by atoms with E-state index in [1.54, 1.807) is 25.6 Å². The Morgan fingerprint density at radius 1 is 1.10 bits per heavy atom. The highest BCUT2D eigenvalue weighted by atomic mass is 19.4. The Morgan fingerprint density at radius 2 is 1.77 bits per heavy atom. The number of carboxylic acid groups (broad SMARTS) is 1. The summed E-state index contributed by atoms with van der Waals surface area (Å²) in [5.74, 6) is -1.60. The molecule has 1 N–H and O–H groups in total. The van der Waals surface area contributed by atoms with E-state index in [0.29, 0.717) is 24.6 Å². The van der Waals surface area contributed by atoms with Crippen molar-refractivity contribution in [1.82, 2.24) is 24.4 Å². The highest BCUT2D eigenvalue weighted by molar-refractivity contribution is 5.94. The highest BCUT2D eigenvalue weighted by Crippen LogP contribution is 2.33. The predicted octanol–water partition coefficient (Wildman–Crippen LogP) is 4.69. The molecule has 0 radical (unpaired) electrons. The number of likely N-dealkylation sites (tertiary alicyclic amines) is 1. The minimum atomic E-state index is -5.08. The van der Waals surface area contributed by atoms with Gasteiger partial charge in [0.1, 0.15) is 11.3 Å². The number of aryl methyl sites for hydroxylation is 1. The molecule has 0 spiro atoms. The molecule has 0 aliphatic carbocycles. The molecule has 1 aliphatic heterocycles. The van der Waals surface area contributed by atoms with Gasteiger partial charge in [-0.3, -0.25) is 14.8 Å². The maximum Gasteiger partial charge on any atom is 0.490 e. The first kappa shape index (κ1) is 27.6. The van der Waals surface area contributed by atoms with Gasteiger partial charge in [0.15, 0.2) is 0 Å². The van der Waals surface area contributed by atoms with E-state index in [-0.39, 0.29) is 5.91 Å². The fraction of sp³-hybridized carbons (Fsp3) is 0.296. The summed E-state index contributed by atoms with van der Waals surface area (Å²) in [7, 11) is 3.67. The van der Waals surface area contributed by atoms with E-state index < -0.39 is 12.1 Å². The Bertz CT molecular complexity index is 1450. The van der Waals surface area contributed by atoms with Crippen molar-refractivity contribution in [3.8, 4) is 17.0 Å². The van der Waals surface area contributed by atoms with E-state index in [1.165, 1.54) is 0 Å². The molecule has 0 saturated carbocycles. The number of piperidine rings is 1. The van der Waals surface area contributed by atoms with Gasteiger partial charge in [0.05, 0.1) is 30.2 Å². The van der Waals surface area contributed by atoms with Crippen molar-refractivity contribution in [2.24, 2.45) is 7.05 Å². The fourth-order valence-corrected chi connectivity index (χ4v) is 4.36. The number of aliphatic carboxylic acids is 1. The third-order valence-electron chi connectivity index (χ3n) is 6.45. The molecule has 4 aromatic rings. The van der Waals surface area contributed by atoms with Crippen LogP contribution in [0.3, 0.4) is 0 Å². The van der Waals surface area contributed by atoms with Crippen LogP contribution in [0.2, 0.25) is 0 Å². The zero-order valence-corrected chi connectivity index (χ0v) is 21.2. The summed E-state index contributed by atoms with van der Waals surface area (Å²) in [4.78, 5) is 37.3. The number of carbonyl (C=O) groups excluding carboxylic acids is 1. The Morgan fingerprint density at radius 3 is 2.33 bits per heavy atom. The van der Waals surface area contributed by atoms with Crippen LogP contribution in [0.5, 0.6) is 5.75 Å². The summed E-state index contributed by atoms with van der Waals surface area (Å²) in [6.07, 6.45) is 1.82. The van der Waals surface area contributed by atoms with Crippen molar-refractivity contribution in [2.45, 2.75) is 24.9 Å². The molecule has 9 nitrogen and oxygen atoms in total. The van der Waals surface area contributed by atoms with Crippen LogP contribution < -0.4 is 4.74 Å². The molecule has 204 valence electrons. The zero-order valence-electron chi connectivity index (χ0n) is 21.2. The van der Waals surface area contributed by atoms with Gasteiger partial charge in [0.2, 0.25) is 0 Å². The van der Waals surface area contributed by atoms with Gasteiger partial charge in [-0.1, -0.05) is 0 Å². The lowest BCUT2D eigenvalue weighted by Crippen LogP contribution is -2.38. The molecule has 3 aromatic heterocycles. The number of pyridine rings is 2. The van der Waals surface area contributed by atoms with Crippen molar-refractivity contribution in [1.29, 1.82) is 0 Å². The second-order valence-corrected chi connectivity index (χ2v) is 8.96. The lowest BCUT2D eigenvalue weighted by molar-refractivity contribution is -0.192. The van der Waals surface area contributed by atoms with Crippen molar-refractivity contribution >= 4 is 22.9 Å². The van der Waals surface area contributed by atoms with Gasteiger partial charge in [-0.05, 0) is 55.3 Å². The molecule has 1 fully saturated rings. The van der Waals surface area contributed by atoms with Crippen LogP contribution >= 0.6 is 0 Å². The number of hydrogen-bond donors (Lipinski definition) is 1. The largest absolute Gasteiger partial charge is 0.497 e. The predicted molar refractivity (Wildman–Crippen MR) is 136 cm³/mol. The molecule has 1 amide bonds. The topological polar surface area (TPSA) is 110 Å². The Balaban J connectivity index is 0.000000448. The maximum absolute atomic E-state index is 12.8. The highest BCUT2D eigenvalue weighted by Gasteiger charge is 2.38. The number of ether oxygens (including phenoxy) is 1. The van der Waals surface area contributed by atoms with E-state index in [2.05, 4.69) is 16.0 Å². The average molecular weight is 542 g/mol. The Labute approximate surface area is 221 Å². The SMILES string of the molecule is COc1ccc(-c2nc(C3CCN(C(=O)c4cccnc4)CC3)cc3c2ncn3C)cc1.O=C(O)C(F)(F)F. The fourth-order valence-electron chi connectivity index (χ4n) is 4.36. The summed E-state index contributed by atoms with van der Waals surface area (Å²) in [6.45, 7) is 1.42. The van der Waals surface area contributed by atoms with Crippen LogP contribution in [0.15, 0.2) is 61.2 Å². The molecule has 12 heteroatoms. The monoisotopic (exact) mass is 541 g/mol. The summed E-state index contributed by atoms with van der Waals surface area (Å²) in [5.41, 5.74) is 5.55. The number of alkyl halides is 3. The number of aromatic nitrogens is 4. The van der Waals surface area contributed by atoms with Gasteiger partial charge in [0, 0.05) is 49.7 Å². The van der Waals surface area contributed by atoms with Gasteiger partial charge >= 0.3 is 12.1 Å². The third-order valence-corrected chi connectivity index (χ3v) is 6.45. The molecule has 39 heavy (non-hydrogen) atoms. The number of rotatable bonds is 4. The van der Waals surface area contributed by atoms with Crippen molar-refractivity contribution < 1.29 is 32.6 Å². The zero-order chi connectivity index (χ0) is 28.2. The number of methoxy groups -OCH3 is 1. The second-order valence-electron chi connectivity index (χ2n) is 8.96. The third kappa shape index (κ3) is 6.33. The normalized spacial score (nSPS) is 14.0. The van der Waals surface area contributed by atoms with Gasteiger partial charge in [-0.2, -0.15) is 13.2 Å². The minimum Gasteiger partial charge on any atom is -0.497 e. The van der Waals surface area contributed by atoms with Crippen LogP contribution in [0.4, 0.5) is 13.2 Å². The molecule has 0 unspecified atom stereocenters. The second kappa shape index (κ2) is 11.5. The standard InChI is InChI=1S/C25H25N5O2.C2HF3O2/c1-29-16-27-24-22(29)14-21(28-23(24)18-5-7-20(32-2)8-6-18)17-9-12-30(13-10-17)25(31)19-4-3-11-26-15-19;3-2(4,5)1(6)7/h3-8,11,14-17H,9-10,12-13H2,1-2H3;(H,6,7). The van der Waals surface area contributed by atoms with Gasteiger partial charge < -0.3 is 19.3 Å². The first-order valence-corrected chi connectivity index (χ1v) is 12.0. The summed E-state index contributed by atoms with van der Waals surface area (Å²) >= 11 is 0. The minimum absolute atomic E-state index is 0.0468. The average Bonchev–Trinajstić information content (AvgIpc) is 3.33.